The molecule has 0 fully saturated rings. The van der Waals surface area contributed by atoms with Crippen molar-refractivity contribution in [1.29, 1.82) is 5.26 Å². The number of hydrogen-bond donors (Lipinski definition) is 1. The van der Waals surface area contributed by atoms with Crippen molar-refractivity contribution in [2.45, 2.75) is 26.1 Å². The van der Waals surface area contributed by atoms with Gasteiger partial charge in [0.15, 0.2) is 12.2 Å². The van der Waals surface area contributed by atoms with E-state index >= 15 is 0 Å². The minimum absolute atomic E-state index is 0.375. The Kier molecular flexibility index (Phi) is 6.55. The quantitative estimate of drug-likeness (QED) is 0.809. The molecule has 0 saturated heterocycles. The second-order valence-electron chi connectivity index (χ2n) is 4.46. The summed E-state index contributed by atoms with van der Waals surface area (Å²) in [5.74, 6) is -1.21. The predicted octanol–water partition coefficient (Wildman–Crippen LogP) is 1.14. The molecule has 8 heteroatoms. The van der Waals surface area contributed by atoms with Gasteiger partial charge in [-0.25, -0.2) is 9.59 Å². The number of ether oxygens (including phenoxy) is 3. The Morgan fingerprint density at radius 1 is 1.13 bits per heavy atom. The number of nitrogens with one attached hydrogen (secondary N) is 1. The van der Waals surface area contributed by atoms with E-state index in [9.17, 15) is 14.4 Å². The summed E-state index contributed by atoms with van der Waals surface area (Å²) in [6, 6.07) is 8.12. The van der Waals surface area contributed by atoms with Gasteiger partial charge in [-0.15, -0.1) is 0 Å². The van der Waals surface area contributed by atoms with E-state index in [0.717, 1.165) is 7.11 Å². The molecule has 23 heavy (non-hydrogen) atoms. The van der Waals surface area contributed by atoms with Crippen molar-refractivity contribution in [3.63, 3.8) is 0 Å². The molecule has 0 bridgehead atoms. The van der Waals surface area contributed by atoms with E-state index in [1.54, 1.807) is 12.1 Å². The molecule has 1 aromatic carbocycles. The third-order valence-electron chi connectivity index (χ3n) is 2.70. The van der Waals surface area contributed by atoms with E-state index in [0.29, 0.717) is 11.3 Å². The van der Waals surface area contributed by atoms with Crippen LogP contribution in [0.5, 0.6) is 5.75 Å². The van der Waals surface area contributed by atoms with Gasteiger partial charge in [0.1, 0.15) is 5.75 Å². The van der Waals surface area contributed by atoms with Crippen LogP contribution in [-0.2, 0) is 19.1 Å². The number of hydrogen-bond acceptors (Lipinski definition) is 7. The molecule has 0 radical (unpaired) electrons. The summed E-state index contributed by atoms with van der Waals surface area (Å²) in [5, 5.41) is 10.6. The highest BCUT2D eigenvalue weighted by atomic mass is 16.6. The third kappa shape index (κ3) is 5.67. The van der Waals surface area contributed by atoms with Crippen LogP contribution in [0.15, 0.2) is 24.3 Å². The smallest absolute Gasteiger partial charge is 0.413 e. The lowest BCUT2D eigenvalue weighted by Crippen LogP contribution is -2.41. The molecule has 1 N–H and O–H groups in total. The molecule has 0 spiro atoms. The van der Waals surface area contributed by atoms with Crippen molar-refractivity contribution in [2.75, 3.05) is 7.11 Å². The maximum absolute atomic E-state index is 11.8. The molecule has 2 amide bonds. The summed E-state index contributed by atoms with van der Waals surface area (Å²) in [6.07, 6.45) is -3.11. The van der Waals surface area contributed by atoms with Gasteiger partial charge in [-0.3, -0.25) is 10.1 Å². The standard InChI is InChI=1S/C15H16N2O6/c1-9(13(18)17-15(20)21-3)23-14(19)10(2)22-12-6-4-11(8-16)5-7-12/h4-7,9-10H,1-3H3,(H,17,18,20)/t9-,10-/m0/s1. The second kappa shape index (κ2) is 8.38. The minimum Gasteiger partial charge on any atom is -0.479 e. The number of nitrogens with zero attached hydrogens (tertiary/aromatic N) is 1. The van der Waals surface area contributed by atoms with E-state index in [1.165, 1.54) is 26.0 Å². The molecule has 0 heterocycles. The average molecular weight is 320 g/mol. The molecule has 0 aromatic heterocycles. The second-order valence-corrected chi connectivity index (χ2v) is 4.46. The van der Waals surface area contributed by atoms with Crippen LogP contribution < -0.4 is 10.1 Å². The zero-order valence-corrected chi connectivity index (χ0v) is 12.9. The van der Waals surface area contributed by atoms with Crippen LogP contribution >= 0.6 is 0 Å². The largest absolute Gasteiger partial charge is 0.479 e. The van der Waals surface area contributed by atoms with Crippen LogP contribution in [0.2, 0.25) is 0 Å². The third-order valence-corrected chi connectivity index (χ3v) is 2.70. The van der Waals surface area contributed by atoms with Crippen LogP contribution in [0.25, 0.3) is 0 Å². The molecule has 0 unspecified atom stereocenters. The van der Waals surface area contributed by atoms with Gasteiger partial charge in [-0.05, 0) is 38.1 Å². The van der Waals surface area contributed by atoms with Gasteiger partial charge < -0.3 is 14.2 Å². The summed E-state index contributed by atoms with van der Waals surface area (Å²) >= 11 is 0. The highest BCUT2D eigenvalue weighted by Crippen LogP contribution is 2.14. The fourth-order valence-electron chi connectivity index (χ4n) is 1.44. The van der Waals surface area contributed by atoms with Gasteiger partial charge in [-0.2, -0.15) is 5.26 Å². The SMILES string of the molecule is COC(=O)NC(=O)[C@H](C)OC(=O)[C@H](C)Oc1ccc(C#N)cc1. The van der Waals surface area contributed by atoms with E-state index < -0.39 is 30.2 Å². The van der Waals surface area contributed by atoms with Crippen molar-refractivity contribution < 1.29 is 28.6 Å². The zero-order valence-electron chi connectivity index (χ0n) is 12.9. The Morgan fingerprint density at radius 2 is 1.74 bits per heavy atom. The monoisotopic (exact) mass is 320 g/mol. The predicted molar refractivity (Wildman–Crippen MR) is 77.3 cm³/mol. The van der Waals surface area contributed by atoms with Crippen molar-refractivity contribution in [1.82, 2.24) is 5.32 Å². The Labute approximate surface area is 132 Å². The lowest BCUT2D eigenvalue weighted by molar-refractivity contribution is -0.160. The molecular weight excluding hydrogens is 304 g/mol. The molecule has 1 rings (SSSR count). The topological polar surface area (TPSA) is 115 Å². The lowest BCUT2D eigenvalue weighted by atomic mass is 10.2. The van der Waals surface area contributed by atoms with E-state index in [-0.39, 0.29) is 0 Å². The van der Waals surface area contributed by atoms with Crippen LogP contribution in [0, 0.1) is 11.3 Å². The first-order valence-electron chi connectivity index (χ1n) is 6.63. The van der Waals surface area contributed by atoms with Crippen molar-refractivity contribution >= 4 is 18.0 Å². The number of esters is 1. The molecule has 1 aromatic rings. The number of imide groups is 1. The summed E-state index contributed by atoms with van der Waals surface area (Å²) in [4.78, 5) is 34.3. The first-order valence-corrected chi connectivity index (χ1v) is 6.63. The van der Waals surface area contributed by atoms with Crippen LogP contribution in [0.1, 0.15) is 19.4 Å². The Hall–Kier alpha value is -3.08. The number of amides is 2. The van der Waals surface area contributed by atoms with Crippen LogP contribution in [0.3, 0.4) is 0 Å². The van der Waals surface area contributed by atoms with Crippen LogP contribution in [-0.4, -0.2) is 37.3 Å². The molecule has 0 saturated carbocycles. The van der Waals surface area contributed by atoms with Gasteiger partial charge in [-0.1, -0.05) is 0 Å². The lowest BCUT2D eigenvalue weighted by Gasteiger charge is -2.17. The number of rotatable bonds is 5. The zero-order chi connectivity index (χ0) is 17.4. The molecular formula is C15H16N2O6. The first-order chi connectivity index (χ1) is 10.9. The Bertz CT molecular complexity index is 620. The van der Waals surface area contributed by atoms with Gasteiger partial charge in [0.05, 0.1) is 18.7 Å². The maximum atomic E-state index is 11.8. The van der Waals surface area contributed by atoms with Gasteiger partial charge >= 0.3 is 12.1 Å². The average Bonchev–Trinajstić information content (AvgIpc) is 2.55. The highest BCUT2D eigenvalue weighted by molar-refractivity contribution is 5.95. The summed E-state index contributed by atoms with van der Waals surface area (Å²) < 4.78 is 14.5. The fourth-order valence-corrected chi connectivity index (χ4v) is 1.44. The minimum atomic E-state index is -1.19. The number of benzene rings is 1. The summed E-state index contributed by atoms with van der Waals surface area (Å²) in [7, 11) is 1.10. The number of alkyl carbamates (subject to hydrolysis) is 1. The molecule has 0 aliphatic carbocycles. The number of carbonyl (C=O) groups is 3. The maximum Gasteiger partial charge on any atom is 0.413 e. The normalized spacial score (nSPS) is 12.3. The van der Waals surface area contributed by atoms with Crippen molar-refractivity contribution in [3.8, 4) is 11.8 Å². The molecule has 0 aliphatic heterocycles. The summed E-state index contributed by atoms with van der Waals surface area (Å²) in [6.45, 7) is 2.76. The Balaban J connectivity index is 2.54. The van der Waals surface area contributed by atoms with Gasteiger partial charge in [0.2, 0.25) is 0 Å². The van der Waals surface area contributed by atoms with E-state index in [1.807, 2.05) is 11.4 Å². The number of carbonyl (C=O) groups excluding carboxylic acids is 3. The molecule has 0 aliphatic rings. The molecule has 8 nitrogen and oxygen atoms in total. The van der Waals surface area contributed by atoms with E-state index in [4.69, 9.17) is 14.7 Å². The number of methoxy groups -OCH3 is 1. The first kappa shape index (κ1) is 18.0. The molecule has 122 valence electrons. The highest BCUT2D eigenvalue weighted by Gasteiger charge is 2.24. The van der Waals surface area contributed by atoms with Crippen molar-refractivity contribution in [3.05, 3.63) is 29.8 Å². The van der Waals surface area contributed by atoms with Crippen LogP contribution in [0.4, 0.5) is 4.79 Å². The fraction of sp³-hybridized carbons (Fsp3) is 0.333. The number of nitriles is 1. The van der Waals surface area contributed by atoms with Gasteiger partial charge in [0, 0.05) is 0 Å². The Morgan fingerprint density at radius 3 is 2.26 bits per heavy atom. The van der Waals surface area contributed by atoms with Gasteiger partial charge in [0.25, 0.3) is 5.91 Å². The summed E-state index contributed by atoms with van der Waals surface area (Å²) in [5.41, 5.74) is 0.459. The van der Waals surface area contributed by atoms with E-state index in [2.05, 4.69) is 4.74 Å². The molecule has 2 atom stereocenters. The van der Waals surface area contributed by atoms with Crippen molar-refractivity contribution in [2.24, 2.45) is 0 Å².